The second-order valence-corrected chi connectivity index (χ2v) is 9.82. The normalized spacial score (nSPS) is 11.0. The van der Waals surface area contributed by atoms with Crippen LogP contribution in [0.4, 0.5) is 11.4 Å². The highest BCUT2D eigenvalue weighted by molar-refractivity contribution is 7.92. The van der Waals surface area contributed by atoms with Crippen LogP contribution in [0.25, 0.3) is 0 Å². The standard InChI is InChI=1S/C21H21N3O3S3/c1-13-6-9-17(15(3)11-13)24-30(26,27)16-8-7-14(2)18(12-16)22-21(28)23-20(25)19-5-4-10-29-19/h4-12,24H,1-3H3,(H2,22,23,25,28). The van der Waals surface area contributed by atoms with Crippen LogP contribution in [-0.4, -0.2) is 19.4 Å². The van der Waals surface area contributed by atoms with Crippen LogP contribution in [-0.2, 0) is 10.0 Å². The van der Waals surface area contributed by atoms with E-state index in [0.717, 1.165) is 16.7 Å². The Bertz CT molecular complexity index is 1200. The number of carbonyl (C=O) groups excluding carboxylic acids is 1. The lowest BCUT2D eigenvalue weighted by atomic mass is 10.1. The molecule has 0 aliphatic carbocycles. The molecule has 0 saturated heterocycles. The number of benzene rings is 2. The third-order valence-corrected chi connectivity index (χ3v) is 6.80. The maximum absolute atomic E-state index is 12.9. The van der Waals surface area contributed by atoms with Gasteiger partial charge in [0.1, 0.15) is 0 Å². The van der Waals surface area contributed by atoms with Gasteiger partial charge in [-0.3, -0.25) is 14.8 Å². The monoisotopic (exact) mass is 459 g/mol. The first-order valence-corrected chi connectivity index (χ1v) is 11.8. The van der Waals surface area contributed by atoms with Gasteiger partial charge in [0.05, 0.1) is 15.5 Å². The predicted molar refractivity (Wildman–Crippen MR) is 126 cm³/mol. The molecule has 1 heterocycles. The minimum atomic E-state index is -3.80. The topological polar surface area (TPSA) is 87.3 Å². The molecule has 1 amide bonds. The van der Waals surface area contributed by atoms with E-state index in [9.17, 15) is 13.2 Å². The quantitative estimate of drug-likeness (QED) is 0.486. The first-order valence-electron chi connectivity index (χ1n) is 9.02. The van der Waals surface area contributed by atoms with Crippen molar-refractivity contribution in [3.05, 3.63) is 75.5 Å². The van der Waals surface area contributed by atoms with Crippen molar-refractivity contribution in [2.45, 2.75) is 25.7 Å². The maximum atomic E-state index is 12.9. The molecule has 3 aromatic rings. The summed E-state index contributed by atoms with van der Waals surface area (Å²) in [6.07, 6.45) is 0. The van der Waals surface area contributed by atoms with E-state index in [1.54, 1.807) is 29.6 Å². The van der Waals surface area contributed by atoms with Crippen molar-refractivity contribution in [1.29, 1.82) is 0 Å². The Morgan fingerprint density at radius 2 is 1.73 bits per heavy atom. The molecule has 0 radical (unpaired) electrons. The highest BCUT2D eigenvalue weighted by atomic mass is 32.2. The Hall–Kier alpha value is -2.75. The first kappa shape index (κ1) is 21.9. The Balaban J connectivity index is 1.78. The fourth-order valence-corrected chi connectivity index (χ4v) is 4.74. The lowest BCUT2D eigenvalue weighted by Crippen LogP contribution is -2.33. The third kappa shape index (κ3) is 5.24. The summed E-state index contributed by atoms with van der Waals surface area (Å²) in [5.74, 6) is -0.319. The van der Waals surface area contributed by atoms with Crippen LogP contribution in [0.15, 0.2) is 58.8 Å². The molecular formula is C21H21N3O3S3. The van der Waals surface area contributed by atoms with Crippen molar-refractivity contribution in [3.8, 4) is 0 Å². The van der Waals surface area contributed by atoms with E-state index < -0.39 is 10.0 Å². The number of thiophene rings is 1. The Morgan fingerprint density at radius 3 is 2.40 bits per heavy atom. The summed E-state index contributed by atoms with van der Waals surface area (Å²) in [7, 11) is -3.80. The number of thiocarbonyl (C=S) groups is 1. The Kier molecular flexibility index (Phi) is 6.55. The molecule has 0 atom stereocenters. The van der Waals surface area contributed by atoms with Crippen molar-refractivity contribution < 1.29 is 13.2 Å². The molecule has 0 aliphatic heterocycles. The molecule has 156 valence electrons. The van der Waals surface area contributed by atoms with Crippen molar-refractivity contribution in [2.24, 2.45) is 0 Å². The maximum Gasteiger partial charge on any atom is 0.267 e. The summed E-state index contributed by atoms with van der Waals surface area (Å²) >= 11 is 6.52. The second kappa shape index (κ2) is 8.95. The molecule has 0 unspecified atom stereocenters. The van der Waals surface area contributed by atoms with Crippen LogP contribution >= 0.6 is 23.6 Å². The molecule has 0 fully saturated rings. The SMILES string of the molecule is Cc1ccc(NS(=O)(=O)c2ccc(C)c(NC(=S)NC(=O)c3cccs3)c2)c(C)c1. The number of aryl methyl sites for hydroxylation is 3. The fraction of sp³-hybridized carbons (Fsp3) is 0.143. The van der Waals surface area contributed by atoms with Gasteiger partial charge < -0.3 is 5.32 Å². The van der Waals surface area contributed by atoms with E-state index in [2.05, 4.69) is 15.4 Å². The third-order valence-electron chi connectivity index (χ3n) is 4.37. The van der Waals surface area contributed by atoms with Crippen molar-refractivity contribution in [1.82, 2.24) is 5.32 Å². The van der Waals surface area contributed by atoms with Crippen molar-refractivity contribution in [3.63, 3.8) is 0 Å². The molecule has 0 spiro atoms. The summed E-state index contributed by atoms with van der Waals surface area (Å²) in [6.45, 7) is 5.62. The summed E-state index contributed by atoms with van der Waals surface area (Å²) < 4.78 is 28.4. The molecule has 0 bridgehead atoms. The first-order chi connectivity index (χ1) is 14.2. The minimum absolute atomic E-state index is 0.0861. The van der Waals surface area contributed by atoms with Gasteiger partial charge in [0.15, 0.2) is 5.11 Å². The highest BCUT2D eigenvalue weighted by Crippen LogP contribution is 2.24. The number of hydrogen-bond donors (Lipinski definition) is 3. The van der Waals surface area contributed by atoms with Gasteiger partial charge in [0.2, 0.25) is 0 Å². The molecule has 6 nitrogen and oxygen atoms in total. The summed E-state index contributed by atoms with van der Waals surface area (Å²) in [5, 5.41) is 7.40. The lowest BCUT2D eigenvalue weighted by molar-refractivity contribution is 0.0981. The number of amides is 1. The van der Waals surface area contributed by atoms with Gasteiger partial charge in [0.25, 0.3) is 15.9 Å². The van der Waals surface area contributed by atoms with Gasteiger partial charge in [-0.15, -0.1) is 11.3 Å². The van der Waals surface area contributed by atoms with E-state index in [1.165, 1.54) is 23.5 Å². The number of sulfonamides is 1. The smallest absolute Gasteiger partial charge is 0.267 e. The largest absolute Gasteiger partial charge is 0.332 e. The number of rotatable bonds is 5. The fourth-order valence-electron chi connectivity index (χ4n) is 2.76. The molecule has 0 aliphatic rings. The summed E-state index contributed by atoms with van der Waals surface area (Å²) in [4.78, 5) is 12.8. The van der Waals surface area contributed by atoms with Gasteiger partial charge in [-0.05, 0) is 73.8 Å². The Morgan fingerprint density at radius 1 is 0.967 bits per heavy atom. The van der Waals surface area contributed by atoms with Gasteiger partial charge in [-0.25, -0.2) is 8.42 Å². The van der Waals surface area contributed by atoms with E-state index in [0.29, 0.717) is 16.3 Å². The minimum Gasteiger partial charge on any atom is -0.332 e. The van der Waals surface area contributed by atoms with Crippen LogP contribution in [0.3, 0.4) is 0 Å². The molecular weight excluding hydrogens is 438 g/mol. The zero-order valence-electron chi connectivity index (χ0n) is 16.6. The van der Waals surface area contributed by atoms with Crippen LogP contribution in [0, 0.1) is 20.8 Å². The zero-order valence-corrected chi connectivity index (χ0v) is 19.1. The molecule has 30 heavy (non-hydrogen) atoms. The van der Waals surface area contributed by atoms with E-state index >= 15 is 0 Å². The predicted octanol–water partition coefficient (Wildman–Crippen LogP) is 4.60. The van der Waals surface area contributed by atoms with Gasteiger partial charge in [-0.1, -0.05) is 29.8 Å². The van der Waals surface area contributed by atoms with E-state index in [4.69, 9.17) is 12.2 Å². The van der Waals surface area contributed by atoms with Gasteiger partial charge >= 0.3 is 0 Å². The van der Waals surface area contributed by atoms with E-state index in [-0.39, 0.29) is 15.9 Å². The molecule has 0 saturated carbocycles. The number of carbonyl (C=O) groups is 1. The molecule has 9 heteroatoms. The van der Waals surface area contributed by atoms with Crippen LogP contribution < -0.4 is 15.4 Å². The number of hydrogen-bond acceptors (Lipinski definition) is 5. The number of anilines is 2. The lowest BCUT2D eigenvalue weighted by Gasteiger charge is -2.15. The molecule has 1 aromatic heterocycles. The average Bonchev–Trinajstić information content (AvgIpc) is 3.20. The van der Waals surface area contributed by atoms with E-state index in [1.807, 2.05) is 32.9 Å². The molecule has 3 rings (SSSR count). The number of nitrogens with one attached hydrogen (secondary N) is 3. The Labute approximate surface area is 185 Å². The summed E-state index contributed by atoms with van der Waals surface area (Å²) in [6, 6.07) is 13.7. The average molecular weight is 460 g/mol. The van der Waals surface area contributed by atoms with Crippen LogP contribution in [0.1, 0.15) is 26.4 Å². The second-order valence-electron chi connectivity index (χ2n) is 6.79. The van der Waals surface area contributed by atoms with Crippen LogP contribution in [0.2, 0.25) is 0 Å². The van der Waals surface area contributed by atoms with Crippen molar-refractivity contribution in [2.75, 3.05) is 10.0 Å². The van der Waals surface area contributed by atoms with Gasteiger partial charge in [-0.2, -0.15) is 0 Å². The summed E-state index contributed by atoms with van der Waals surface area (Å²) in [5.41, 5.74) is 3.69. The van der Waals surface area contributed by atoms with Crippen molar-refractivity contribution >= 4 is 56.0 Å². The highest BCUT2D eigenvalue weighted by Gasteiger charge is 2.17. The zero-order chi connectivity index (χ0) is 21.9. The van der Waals surface area contributed by atoms with Gasteiger partial charge in [0, 0.05) is 5.69 Å². The molecule has 2 aromatic carbocycles. The molecule has 3 N–H and O–H groups in total. The van der Waals surface area contributed by atoms with Crippen LogP contribution in [0.5, 0.6) is 0 Å².